The summed E-state index contributed by atoms with van der Waals surface area (Å²) < 4.78 is 1.88. The quantitative estimate of drug-likeness (QED) is 0.632. The number of H-pyrrole nitrogens is 1. The minimum atomic E-state index is -0.0751. The fourth-order valence-electron chi connectivity index (χ4n) is 2.68. The number of hydrogen-bond donors (Lipinski definition) is 1. The Kier molecular flexibility index (Phi) is 3.08. The highest BCUT2D eigenvalue weighted by Crippen LogP contribution is 2.16. The number of rotatable bonds is 3. The summed E-state index contributed by atoms with van der Waals surface area (Å²) in [6.45, 7) is 0.388. The van der Waals surface area contributed by atoms with Gasteiger partial charge in [0.2, 0.25) is 0 Å². The molecule has 0 aliphatic heterocycles. The summed E-state index contributed by atoms with van der Waals surface area (Å²) in [5.74, 6) is 0.654. The number of fused-ring (bicyclic) bond motifs is 2. The van der Waals surface area contributed by atoms with Gasteiger partial charge in [0.1, 0.15) is 5.69 Å². The summed E-state index contributed by atoms with van der Waals surface area (Å²) in [6, 6.07) is 15.4. The van der Waals surface area contributed by atoms with Crippen LogP contribution in [0.3, 0.4) is 0 Å². The molecule has 0 aliphatic carbocycles. The van der Waals surface area contributed by atoms with E-state index >= 15 is 0 Å². The number of amides is 1. The first-order chi connectivity index (χ1) is 11.2. The Morgan fingerprint density at radius 2 is 2.00 bits per heavy atom. The highest BCUT2D eigenvalue weighted by molar-refractivity contribution is 5.97. The zero-order chi connectivity index (χ0) is 15.8. The van der Waals surface area contributed by atoms with Gasteiger partial charge in [0, 0.05) is 24.1 Å². The number of hydrogen-bond acceptors (Lipinski definition) is 3. The molecule has 0 aliphatic rings. The first-order valence-corrected chi connectivity index (χ1v) is 7.34. The van der Waals surface area contributed by atoms with Crippen molar-refractivity contribution in [3.63, 3.8) is 0 Å². The van der Waals surface area contributed by atoms with Gasteiger partial charge in [-0.3, -0.25) is 9.20 Å². The zero-order valence-electron chi connectivity index (χ0n) is 12.6. The van der Waals surface area contributed by atoms with Crippen molar-refractivity contribution in [1.29, 1.82) is 0 Å². The highest BCUT2D eigenvalue weighted by Gasteiger charge is 2.16. The number of aromatic nitrogens is 4. The second-order valence-electron chi connectivity index (χ2n) is 5.48. The van der Waals surface area contributed by atoms with Crippen molar-refractivity contribution in [3.05, 3.63) is 66.2 Å². The second kappa shape index (κ2) is 5.24. The van der Waals surface area contributed by atoms with Gasteiger partial charge in [-0.1, -0.05) is 24.3 Å². The number of nitrogens with zero attached hydrogens (tertiary/aromatic N) is 4. The molecule has 114 valence electrons. The molecule has 0 atom stereocenters. The second-order valence-corrected chi connectivity index (χ2v) is 5.48. The number of benzene rings is 1. The van der Waals surface area contributed by atoms with Gasteiger partial charge in [-0.25, -0.2) is 0 Å². The number of carbonyl (C=O) groups excluding carboxylic acids is 1. The van der Waals surface area contributed by atoms with Crippen LogP contribution < -0.4 is 0 Å². The Morgan fingerprint density at radius 1 is 1.17 bits per heavy atom. The fourth-order valence-corrected chi connectivity index (χ4v) is 2.68. The predicted molar refractivity (Wildman–Crippen MR) is 87.1 cm³/mol. The Labute approximate surface area is 132 Å². The molecule has 0 saturated carbocycles. The first kappa shape index (κ1) is 13.5. The number of pyridine rings is 1. The molecule has 1 amide bonds. The van der Waals surface area contributed by atoms with Crippen LogP contribution in [0, 0.1) is 0 Å². The van der Waals surface area contributed by atoms with E-state index in [2.05, 4.69) is 15.2 Å². The summed E-state index contributed by atoms with van der Waals surface area (Å²) in [4.78, 5) is 17.4. The van der Waals surface area contributed by atoms with Crippen LogP contribution in [-0.4, -0.2) is 37.4 Å². The van der Waals surface area contributed by atoms with Crippen molar-refractivity contribution >= 4 is 22.5 Å². The van der Waals surface area contributed by atoms with Crippen molar-refractivity contribution in [2.75, 3.05) is 7.05 Å². The monoisotopic (exact) mass is 305 g/mol. The molecule has 0 spiro atoms. The zero-order valence-corrected chi connectivity index (χ0v) is 12.6. The third-order valence-corrected chi connectivity index (χ3v) is 3.87. The molecule has 0 unspecified atom stereocenters. The molecule has 0 saturated heterocycles. The summed E-state index contributed by atoms with van der Waals surface area (Å²) in [5.41, 5.74) is 2.30. The molecule has 0 radical (unpaired) electrons. The molecule has 1 N–H and O–H groups in total. The van der Waals surface area contributed by atoms with E-state index in [0.29, 0.717) is 12.2 Å². The van der Waals surface area contributed by atoms with Crippen molar-refractivity contribution in [2.45, 2.75) is 6.54 Å². The van der Waals surface area contributed by atoms with E-state index in [-0.39, 0.29) is 5.91 Å². The molecule has 6 heteroatoms. The largest absolute Gasteiger partial charge is 0.351 e. The van der Waals surface area contributed by atoms with Crippen molar-refractivity contribution in [2.24, 2.45) is 0 Å². The average Bonchev–Trinajstić information content (AvgIpc) is 3.18. The molecular weight excluding hydrogens is 290 g/mol. The van der Waals surface area contributed by atoms with Crippen LogP contribution in [0.1, 0.15) is 16.3 Å². The molecule has 0 fully saturated rings. The maximum absolute atomic E-state index is 12.6. The Hall–Kier alpha value is -3.15. The van der Waals surface area contributed by atoms with Crippen LogP contribution in [0.25, 0.3) is 16.6 Å². The average molecular weight is 305 g/mol. The van der Waals surface area contributed by atoms with Crippen LogP contribution in [-0.2, 0) is 6.54 Å². The van der Waals surface area contributed by atoms with Gasteiger partial charge in [0.05, 0.1) is 6.54 Å². The lowest BCUT2D eigenvalue weighted by molar-refractivity contribution is 0.0776. The lowest BCUT2D eigenvalue weighted by Crippen LogP contribution is -2.27. The van der Waals surface area contributed by atoms with E-state index in [1.807, 2.05) is 59.1 Å². The fraction of sp³-hybridized carbons (Fsp3) is 0.118. The van der Waals surface area contributed by atoms with Gasteiger partial charge >= 0.3 is 0 Å². The highest BCUT2D eigenvalue weighted by atomic mass is 16.2. The summed E-state index contributed by atoms with van der Waals surface area (Å²) in [5, 5.41) is 9.29. The Balaban J connectivity index is 1.60. The van der Waals surface area contributed by atoms with Crippen molar-refractivity contribution < 1.29 is 4.79 Å². The minimum Gasteiger partial charge on any atom is -0.351 e. The first-order valence-electron chi connectivity index (χ1n) is 7.34. The predicted octanol–water partition coefficient (Wildman–Crippen LogP) is 2.48. The van der Waals surface area contributed by atoms with Gasteiger partial charge in [-0.15, -0.1) is 10.2 Å². The third-order valence-electron chi connectivity index (χ3n) is 3.87. The number of para-hydroxylation sites is 1. The number of aromatic amines is 1. The molecule has 1 aromatic carbocycles. The smallest absolute Gasteiger partial charge is 0.270 e. The lowest BCUT2D eigenvalue weighted by Gasteiger charge is -2.15. The van der Waals surface area contributed by atoms with E-state index in [1.54, 1.807) is 11.9 Å². The van der Waals surface area contributed by atoms with Crippen LogP contribution >= 0.6 is 0 Å². The topological polar surface area (TPSA) is 66.3 Å². The van der Waals surface area contributed by atoms with Gasteiger partial charge in [-0.2, -0.15) is 0 Å². The molecule has 3 aromatic heterocycles. The van der Waals surface area contributed by atoms with Gasteiger partial charge in [0.15, 0.2) is 11.5 Å². The van der Waals surface area contributed by atoms with Crippen LogP contribution in [0.15, 0.2) is 54.7 Å². The Bertz CT molecular complexity index is 967. The van der Waals surface area contributed by atoms with E-state index < -0.39 is 0 Å². The number of carbonyl (C=O) groups is 1. The molecule has 6 nitrogen and oxygen atoms in total. The van der Waals surface area contributed by atoms with Gasteiger partial charge < -0.3 is 9.88 Å². The number of nitrogens with one attached hydrogen (secondary N) is 1. The lowest BCUT2D eigenvalue weighted by atomic mass is 10.2. The van der Waals surface area contributed by atoms with Gasteiger partial charge in [-0.05, 0) is 24.3 Å². The van der Waals surface area contributed by atoms with E-state index in [9.17, 15) is 4.79 Å². The molecule has 23 heavy (non-hydrogen) atoms. The standard InChI is InChI=1S/C17H15N5O/c1-21(11-16-20-19-15-8-4-5-9-22(15)16)17(23)14-10-12-6-2-3-7-13(12)18-14/h2-10,18H,11H2,1H3. The SMILES string of the molecule is CN(Cc1nnc2ccccn12)C(=O)c1cc2ccccc2[nH]1. The summed E-state index contributed by atoms with van der Waals surface area (Å²) in [6.07, 6.45) is 1.89. The van der Waals surface area contributed by atoms with E-state index in [1.165, 1.54) is 0 Å². The summed E-state index contributed by atoms with van der Waals surface area (Å²) in [7, 11) is 1.76. The summed E-state index contributed by atoms with van der Waals surface area (Å²) >= 11 is 0. The van der Waals surface area contributed by atoms with E-state index in [0.717, 1.165) is 22.4 Å². The van der Waals surface area contributed by atoms with E-state index in [4.69, 9.17) is 0 Å². The van der Waals surface area contributed by atoms with Crippen LogP contribution in [0.5, 0.6) is 0 Å². The Morgan fingerprint density at radius 3 is 2.87 bits per heavy atom. The van der Waals surface area contributed by atoms with Crippen LogP contribution in [0.2, 0.25) is 0 Å². The molecular formula is C17H15N5O. The molecule has 4 aromatic rings. The minimum absolute atomic E-state index is 0.0751. The maximum Gasteiger partial charge on any atom is 0.270 e. The molecule has 0 bridgehead atoms. The third kappa shape index (κ3) is 2.34. The van der Waals surface area contributed by atoms with Crippen LogP contribution in [0.4, 0.5) is 0 Å². The normalized spacial score (nSPS) is 11.2. The van der Waals surface area contributed by atoms with Crippen molar-refractivity contribution in [3.8, 4) is 0 Å². The molecule has 4 rings (SSSR count). The molecule has 3 heterocycles. The van der Waals surface area contributed by atoms with Gasteiger partial charge in [0.25, 0.3) is 5.91 Å². The van der Waals surface area contributed by atoms with Crippen molar-refractivity contribution in [1.82, 2.24) is 24.5 Å². The maximum atomic E-state index is 12.6.